The second-order valence-corrected chi connectivity index (χ2v) is 5.12. The molecule has 0 saturated heterocycles. The van der Waals surface area contributed by atoms with Crippen LogP contribution in [-0.4, -0.2) is 18.0 Å². The number of methoxy groups -OCH3 is 1. The molecule has 1 N–H and O–H groups in total. The van der Waals surface area contributed by atoms with Gasteiger partial charge in [-0.05, 0) is 23.6 Å². The third-order valence-corrected chi connectivity index (χ3v) is 3.52. The van der Waals surface area contributed by atoms with Crippen molar-refractivity contribution in [3.63, 3.8) is 0 Å². The first-order chi connectivity index (χ1) is 10.7. The molecule has 2 aromatic carbocycles. The van der Waals surface area contributed by atoms with Crippen LogP contribution in [0.1, 0.15) is 10.4 Å². The molecule has 0 fully saturated rings. The minimum absolute atomic E-state index is 0.280. The highest BCUT2D eigenvalue weighted by Crippen LogP contribution is 2.30. The Balaban J connectivity index is 1.98. The molecule has 0 aliphatic heterocycles. The van der Waals surface area contributed by atoms with E-state index < -0.39 is 0 Å². The van der Waals surface area contributed by atoms with E-state index in [4.69, 9.17) is 16.3 Å². The van der Waals surface area contributed by atoms with Crippen LogP contribution in [0, 0.1) is 0 Å². The van der Waals surface area contributed by atoms with Gasteiger partial charge in [0, 0.05) is 11.6 Å². The molecular formula is C17H13ClN2O2. The minimum Gasteiger partial charge on any atom is -0.495 e. The fraction of sp³-hybridized carbons (Fsp3) is 0.0588. The van der Waals surface area contributed by atoms with E-state index in [0.29, 0.717) is 22.2 Å². The van der Waals surface area contributed by atoms with E-state index in [1.807, 2.05) is 30.3 Å². The molecular weight excluding hydrogens is 300 g/mol. The van der Waals surface area contributed by atoms with Crippen LogP contribution in [-0.2, 0) is 0 Å². The lowest BCUT2D eigenvalue weighted by Crippen LogP contribution is -2.14. The molecule has 4 nitrogen and oxygen atoms in total. The smallest absolute Gasteiger partial charge is 0.260 e. The molecule has 0 atom stereocenters. The van der Waals surface area contributed by atoms with Gasteiger partial charge in [0.15, 0.2) is 0 Å². The Bertz CT molecular complexity index is 832. The maximum Gasteiger partial charge on any atom is 0.260 e. The quantitative estimate of drug-likeness (QED) is 0.790. The SMILES string of the molecule is COc1c(C(=O)Nc2ccc(Cl)cn2)ccc2ccccc12. The van der Waals surface area contributed by atoms with Crippen LogP contribution in [0.2, 0.25) is 5.02 Å². The summed E-state index contributed by atoms with van der Waals surface area (Å²) in [6.45, 7) is 0. The Morgan fingerprint density at radius 3 is 2.68 bits per heavy atom. The van der Waals surface area contributed by atoms with E-state index in [1.54, 1.807) is 25.3 Å². The highest BCUT2D eigenvalue weighted by atomic mass is 35.5. The minimum atomic E-state index is -0.280. The van der Waals surface area contributed by atoms with Crippen LogP contribution in [0.4, 0.5) is 5.82 Å². The number of carbonyl (C=O) groups is 1. The first-order valence-corrected chi connectivity index (χ1v) is 7.05. The van der Waals surface area contributed by atoms with Gasteiger partial charge in [0.05, 0.1) is 17.7 Å². The summed E-state index contributed by atoms with van der Waals surface area (Å²) in [5.41, 5.74) is 0.456. The summed E-state index contributed by atoms with van der Waals surface area (Å²) in [6, 6.07) is 14.7. The Labute approximate surface area is 132 Å². The average Bonchev–Trinajstić information content (AvgIpc) is 2.55. The zero-order valence-corrected chi connectivity index (χ0v) is 12.6. The molecule has 1 amide bonds. The zero-order valence-electron chi connectivity index (χ0n) is 11.8. The van der Waals surface area contributed by atoms with Gasteiger partial charge in [-0.25, -0.2) is 4.98 Å². The third kappa shape index (κ3) is 2.73. The fourth-order valence-electron chi connectivity index (χ4n) is 2.28. The summed E-state index contributed by atoms with van der Waals surface area (Å²) in [7, 11) is 1.55. The molecule has 1 aromatic heterocycles. The van der Waals surface area contributed by atoms with Gasteiger partial charge in [0.1, 0.15) is 11.6 Å². The van der Waals surface area contributed by atoms with Crippen molar-refractivity contribution in [2.24, 2.45) is 0 Å². The number of halogens is 1. The Hall–Kier alpha value is -2.59. The summed E-state index contributed by atoms with van der Waals surface area (Å²) in [4.78, 5) is 16.5. The van der Waals surface area contributed by atoms with Gasteiger partial charge in [-0.15, -0.1) is 0 Å². The summed E-state index contributed by atoms with van der Waals surface area (Å²) in [5.74, 6) is 0.701. The van der Waals surface area contributed by atoms with Gasteiger partial charge in [-0.2, -0.15) is 0 Å². The van der Waals surface area contributed by atoms with Crippen LogP contribution < -0.4 is 10.1 Å². The van der Waals surface area contributed by atoms with Gasteiger partial charge in [-0.1, -0.05) is 41.9 Å². The number of hydrogen-bond acceptors (Lipinski definition) is 3. The number of pyridine rings is 1. The second-order valence-electron chi connectivity index (χ2n) is 4.68. The summed E-state index contributed by atoms with van der Waals surface area (Å²) in [5, 5.41) is 5.16. The molecule has 0 radical (unpaired) electrons. The van der Waals surface area contributed by atoms with E-state index in [2.05, 4.69) is 10.3 Å². The molecule has 0 aliphatic rings. The van der Waals surface area contributed by atoms with Crippen LogP contribution in [0.5, 0.6) is 5.75 Å². The van der Waals surface area contributed by atoms with Crippen LogP contribution in [0.15, 0.2) is 54.7 Å². The zero-order chi connectivity index (χ0) is 15.5. The van der Waals surface area contributed by atoms with Crippen molar-refractivity contribution in [1.29, 1.82) is 0 Å². The van der Waals surface area contributed by atoms with Crippen molar-refractivity contribution in [1.82, 2.24) is 4.98 Å². The molecule has 5 heteroatoms. The van der Waals surface area contributed by atoms with Crippen LogP contribution >= 0.6 is 11.6 Å². The van der Waals surface area contributed by atoms with Crippen molar-refractivity contribution in [3.05, 3.63) is 65.3 Å². The van der Waals surface area contributed by atoms with Gasteiger partial charge in [-0.3, -0.25) is 4.79 Å². The third-order valence-electron chi connectivity index (χ3n) is 3.30. The summed E-state index contributed by atoms with van der Waals surface area (Å²) < 4.78 is 5.43. The number of anilines is 1. The number of nitrogens with zero attached hydrogens (tertiary/aromatic N) is 1. The monoisotopic (exact) mass is 312 g/mol. The lowest BCUT2D eigenvalue weighted by atomic mass is 10.0. The van der Waals surface area contributed by atoms with E-state index in [0.717, 1.165) is 10.8 Å². The Morgan fingerprint density at radius 2 is 1.95 bits per heavy atom. The standard InChI is InChI=1S/C17H13ClN2O2/c1-22-16-13-5-3-2-4-11(13)6-8-14(16)17(21)20-15-9-7-12(18)10-19-15/h2-10H,1H3,(H,19,20,21). The van der Waals surface area contributed by atoms with E-state index in [-0.39, 0.29) is 5.91 Å². The molecule has 0 aliphatic carbocycles. The Morgan fingerprint density at radius 1 is 1.14 bits per heavy atom. The first kappa shape index (κ1) is 14.4. The van der Waals surface area contributed by atoms with Gasteiger partial charge in [0.25, 0.3) is 5.91 Å². The molecule has 22 heavy (non-hydrogen) atoms. The van der Waals surface area contributed by atoms with Gasteiger partial charge < -0.3 is 10.1 Å². The van der Waals surface area contributed by atoms with E-state index in [1.165, 1.54) is 6.20 Å². The second kappa shape index (κ2) is 6.03. The lowest BCUT2D eigenvalue weighted by Gasteiger charge is -2.11. The van der Waals surface area contributed by atoms with E-state index in [9.17, 15) is 4.79 Å². The number of carbonyl (C=O) groups excluding carboxylic acids is 1. The molecule has 0 unspecified atom stereocenters. The number of benzene rings is 2. The van der Waals surface area contributed by atoms with Gasteiger partial charge >= 0.3 is 0 Å². The first-order valence-electron chi connectivity index (χ1n) is 6.67. The van der Waals surface area contributed by atoms with Crippen molar-refractivity contribution in [2.45, 2.75) is 0 Å². The number of nitrogens with one attached hydrogen (secondary N) is 1. The molecule has 0 spiro atoms. The molecule has 0 bridgehead atoms. The highest BCUT2D eigenvalue weighted by molar-refractivity contribution is 6.30. The number of ether oxygens (including phenoxy) is 1. The predicted molar refractivity (Wildman–Crippen MR) is 87.7 cm³/mol. The molecule has 0 saturated carbocycles. The fourth-order valence-corrected chi connectivity index (χ4v) is 2.39. The number of hydrogen-bond donors (Lipinski definition) is 1. The van der Waals surface area contributed by atoms with Crippen molar-refractivity contribution < 1.29 is 9.53 Å². The van der Waals surface area contributed by atoms with Crippen molar-refractivity contribution >= 4 is 34.1 Å². The van der Waals surface area contributed by atoms with E-state index >= 15 is 0 Å². The Kier molecular flexibility index (Phi) is 3.94. The van der Waals surface area contributed by atoms with Crippen molar-refractivity contribution in [3.8, 4) is 5.75 Å². The number of amides is 1. The molecule has 3 aromatic rings. The van der Waals surface area contributed by atoms with Gasteiger partial charge in [0.2, 0.25) is 0 Å². The largest absolute Gasteiger partial charge is 0.495 e. The van der Waals surface area contributed by atoms with Crippen LogP contribution in [0.3, 0.4) is 0 Å². The van der Waals surface area contributed by atoms with Crippen LogP contribution in [0.25, 0.3) is 10.8 Å². The summed E-state index contributed by atoms with van der Waals surface area (Å²) >= 11 is 5.78. The highest BCUT2D eigenvalue weighted by Gasteiger charge is 2.15. The van der Waals surface area contributed by atoms with Crippen molar-refractivity contribution in [2.75, 3.05) is 12.4 Å². The number of aromatic nitrogens is 1. The topological polar surface area (TPSA) is 51.2 Å². The maximum atomic E-state index is 12.5. The maximum absolute atomic E-state index is 12.5. The molecule has 1 heterocycles. The average molecular weight is 313 g/mol. The molecule has 3 rings (SSSR count). The number of rotatable bonds is 3. The lowest BCUT2D eigenvalue weighted by molar-refractivity contribution is 0.102. The number of fused-ring (bicyclic) bond motifs is 1. The summed E-state index contributed by atoms with van der Waals surface area (Å²) in [6.07, 6.45) is 1.48. The molecule has 110 valence electrons. The predicted octanol–water partition coefficient (Wildman–Crippen LogP) is 4.15. The normalized spacial score (nSPS) is 10.5.